The molecule has 1 saturated heterocycles. The summed E-state index contributed by atoms with van der Waals surface area (Å²) >= 11 is 0. The van der Waals surface area contributed by atoms with Crippen molar-refractivity contribution in [2.24, 2.45) is 5.92 Å². The van der Waals surface area contributed by atoms with Crippen molar-refractivity contribution in [2.75, 3.05) is 0 Å². The summed E-state index contributed by atoms with van der Waals surface area (Å²) in [6, 6.07) is 28.1. The van der Waals surface area contributed by atoms with Crippen molar-refractivity contribution in [3.05, 3.63) is 108 Å². The van der Waals surface area contributed by atoms with Gasteiger partial charge in [0.1, 0.15) is 18.3 Å². The van der Waals surface area contributed by atoms with Gasteiger partial charge in [-0.15, -0.1) is 0 Å². The smallest absolute Gasteiger partial charge is 0.411 e. The van der Waals surface area contributed by atoms with Crippen molar-refractivity contribution in [1.82, 2.24) is 0 Å². The highest BCUT2D eigenvalue weighted by atomic mass is 28.4. The molecule has 1 aliphatic carbocycles. The Morgan fingerprint density at radius 2 is 1.14 bits per heavy atom. The summed E-state index contributed by atoms with van der Waals surface area (Å²) in [6.45, 7) is 13.2. The van der Waals surface area contributed by atoms with Gasteiger partial charge in [0, 0.05) is 0 Å². The number of benzene rings is 3. The van der Waals surface area contributed by atoms with E-state index in [1.165, 1.54) is 0 Å². The summed E-state index contributed by atoms with van der Waals surface area (Å²) in [5, 5.41) is -0.0551. The molecule has 0 bridgehead atoms. The molecule has 280 valence electrons. The van der Waals surface area contributed by atoms with Crippen molar-refractivity contribution in [2.45, 2.75) is 140 Å². The van der Waals surface area contributed by atoms with E-state index in [0.717, 1.165) is 42.4 Å². The fourth-order valence-corrected chi connectivity index (χ4v) is 8.08. The van der Waals surface area contributed by atoms with Gasteiger partial charge < -0.3 is 28.1 Å². The van der Waals surface area contributed by atoms with E-state index in [2.05, 4.69) is 40.8 Å². The molecule has 3 aromatic rings. The molecule has 0 aromatic heterocycles. The lowest BCUT2D eigenvalue weighted by Crippen LogP contribution is -2.65. The summed E-state index contributed by atoms with van der Waals surface area (Å²) in [5.41, 5.74) is 2.41. The van der Waals surface area contributed by atoms with E-state index >= 15 is 13.2 Å². The van der Waals surface area contributed by atoms with Crippen molar-refractivity contribution in [1.29, 1.82) is 0 Å². The first kappa shape index (κ1) is 39.6. The Balaban J connectivity index is 1.53. The van der Waals surface area contributed by atoms with Crippen molar-refractivity contribution < 1.29 is 41.3 Å². The molecule has 0 spiro atoms. The first-order valence-electron chi connectivity index (χ1n) is 18.3. The molecular formula is C41H55F3O6Si. The first-order valence-corrected chi connectivity index (χ1v) is 21.2. The first-order chi connectivity index (χ1) is 24.3. The summed E-state index contributed by atoms with van der Waals surface area (Å²) < 4.78 is 84.6. The molecule has 5 rings (SSSR count). The van der Waals surface area contributed by atoms with E-state index in [0.29, 0.717) is 0 Å². The largest absolute Gasteiger partial charge is 0.417 e. The predicted octanol–water partition coefficient (Wildman–Crippen LogP) is 10.0. The third-order valence-electron chi connectivity index (χ3n) is 10.6. The quantitative estimate of drug-likeness (QED) is 0.154. The third kappa shape index (κ3) is 10.5. The average Bonchev–Trinajstić information content (AvgIpc) is 3.10. The molecule has 0 radical (unpaired) electrons. The monoisotopic (exact) mass is 728 g/mol. The molecule has 0 unspecified atom stereocenters. The van der Waals surface area contributed by atoms with Crippen LogP contribution in [0.5, 0.6) is 0 Å². The molecule has 0 N–H and O–H groups in total. The molecule has 2 fully saturated rings. The van der Waals surface area contributed by atoms with Crippen LogP contribution in [0.3, 0.4) is 0 Å². The van der Waals surface area contributed by atoms with E-state index < -0.39 is 51.3 Å². The topological polar surface area (TPSA) is 55.4 Å². The zero-order valence-electron chi connectivity index (χ0n) is 30.8. The van der Waals surface area contributed by atoms with Crippen LogP contribution in [0.15, 0.2) is 91.0 Å². The zero-order chi connectivity index (χ0) is 36.6. The van der Waals surface area contributed by atoms with Crippen LogP contribution in [-0.2, 0) is 47.9 Å². The fourth-order valence-electron chi connectivity index (χ4n) is 6.72. The standard InChI is InChI=1S/C41H55F3O6Si/c1-7-32-24-17-25-33(50-51(5,6)40(2,3)4)34(32)48-39-37(47-28-31-22-15-10-16-23-31)35(45-26-29-18-11-8-12-19-29)36(38(49-39)41(42,43)44)46-27-30-20-13-9-14-21-30/h8-16,18-23,32-39H,7,17,24-28H2,1-6H3/t32-,33+,34+,35+,36-,37-,38+,39+/m0/s1. The summed E-state index contributed by atoms with van der Waals surface area (Å²) in [7, 11) is -2.26. The SMILES string of the molecule is CC[C@H]1CCC[C@@H](O[Si](C)(C)C(C)(C)C)[C@@H]1O[C@@H]1O[C@@H](C(F)(F)F)[C@@H](OCc2ccccc2)[C@@H](OCc2ccccc2)[C@@H]1OCc1ccccc1. The molecule has 8 atom stereocenters. The average molecular weight is 729 g/mol. The van der Waals surface area contributed by atoms with Crippen molar-refractivity contribution in [3.8, 4) is 0 Å². The Bertz CT molecular complexity index is 1450. The molecular weight excluding hydrogens is 674 g/mol. The predicted molar refractivity (Wildman–Crippen MR) is 194 cm³/mol. The van der Waals surface area contributed by atoms with E-state index in [4.69, 9.17) is 28.1 Å². The maximum absolute atomic E-state index is 15.2. The molecule has 10 heteroatoms. The van der Waals surface area contributed by atoms with E-state index in [1.54, 1.807) is 0 Å². The minimum atomic E-state index is -4.78. The highest BCUT2D eigenvalue weighted by molar-refractivity contribution is 6.74. The van der Waals surface area contributed by atoms with Crippen LogP contribution in [0.25, 0.3) is 0 Å². The Kier molecular flexibility index (Phi) is 13.6. The van der Waals surface area contributed by atoms with Gasteiger partial charge in [0.25, 0.3) is 0 Å². The molecule has 6 nitrogen and oxygen atoms in total. The second kappa shape index (κ2) is 17.5. The number of alkyl halides is 3. The minimum absolute atomic E-state index is 0.0529. The Morgan fingerprint density at radius 3 is 1.59 bits per heavy atom. The van der Waals surface area contributed by atoms with Gasteiger partial charge in [-0.2, -0.15) is 13.2 Å². The van der Waals surface area contributed by atoms with Crippen LogP contribution < -0.4 is 0 Å². The number of rotatable bonds is 14. The van der Waals surface area contributed by atoms with Crippen LogP contribution >= 0.6 is 0 Å². The van der Waals surface area contributed by atoms with Gasteiger partial charge in [0.05, 0.1) is 32.0 Å². The molecule has 1 heterocycles. The number of ether oxygens (including phenoxy) is 5. The van der Waals surface area contributed by atoms with Crippen molar-refractivity contribution >= 4 is 8.32 Å². The van der Waals surface area contributed by atoms with E-state index in [9.17, 15) is 0 Å². The summed E-state index contributed by atoms with van der Waals surface area (Å²) in [6.07, 6.45) is -9.67. The number of halogens is 3. The van der Waals surface area contributed by atoms with E-state index in [1.807, 2.05) is 91.0 Å². The minimum Gasteiger partial charge on any atom is -0.411 e. The second-order valence-electron chi connectivity index (χ2n) is 15.4. The van der Waals surface area contributed by atoms with Gasteiger partial charge in [-0.05, 0) is 53.6 Å². The lowest BCUT2D eigenvalue weighted by molar-refractivity contribution is -0.381. The maximum atomic E-state index is 15.2. The number of hydrogen-bond donors (Lipinski definition) is 0. The van der Waals surface area contributed by atoms with Gasteiger partial charge in [0.15, 0.2) is 20.7 Å². The summed E-state index contributed by atoms with van der Waals surface area (Å²) in [4.78, 5) is 0. The molecule has 1 aliphatic heterocycles. The maximum Gasteiger partial charge on any atom is 0.417 e. The van der Waals surface area contributed by atoms with Gasteiger partial charge in [-0.3, -0.25) is 0 Å². The van der Waals surface area contributed by atoms with Crippen LogP contribution in [0.2, 0.25) is 18.1 Å². The van der Waals surface area contributed by atoms with E-state index in [-0.39, 0.29) is 36.9 Å². The fraction of sp³-hybridized carbons (Fsp3) is 0.561. The van der Waals surface area contributed by atoms with Crippen LogP contribution in [0, 0.1) is 5.92 Å². The molecule has 0 amide bonds. The van der Waals surface area contributed by atoms with Gasteiger partial charge >= 0.3 is 6.18 Å². The Labute approximate surface area is 303 Å². The highest BCUT2D eigenvalue weighted by Crippen LogP contribution is 2.44. The molecule has 2 aliphatic rings. The third-order valence-corrected chi connectivity index (χ3v) is 15.1. The van der Waals surface area contributed by atoms with Gasteiger partial charge in [-0.25, -0.2) is 0 Å². The van der Waals surface area contributed by atoms with Crippen LogP contribution in [0.1, 0.15) is 70.1 Å². The zero-order valence-corrected chi connectivity index (χ0v) is 31.8. The van der Waals surface area contributed by atoms with Gasteiger partial charge in [-0.1, -0.05) is 132 Å². The van der Waals surface area contributed by atoms with Crippen molar-refractivity contribution in [3.63, 3.8) is 0 Å². The molecule has 51 heavy (non-hydrogen) atoms. The van der Waals surface area contributed by atoms with Gasteiger partial charge in [0.2, 0.25) is 0 Å². The Hall–Kier alpha value is -2.57. The summed E-state index contributed by atoms with van der Waals surface area (Å²) in [5.74, 6) is 0.0759. The van der Waals surface area contributed by atoms with Crippen LogP contribution in [-0.4, -0.2) is 57.4 Å². The lowest BCUT2D eigenvalue weighted by Gasteiger charge is -2.50. The lowest BCUT2D eigenvalue weighted by atomic mass is 9.82. The Morgan fingerprint density at radius 1 is 0.667 bits per heavy atom. The highest BCUT2D eigenvalue weighted by Gasteiger charge is 2.59. The molecule has 1 saturated carbocycles. The normalized spacial score (nSPS) is 27.7. The van der Waals surface area contributed by atoms with Crippen LogP contribution in [0.4, 0.5) is 13.2 Å². The number of hydrogen-bond acceptors (Lipinski definition) is 6. The molecule has 3 aromatic carbocycles. The second-order valence-corrected chi connectivity index (χ2v) is 20.1.